The van der Waals surface area contributed by atoms with Crippen molar-refractivity contribution in [3.8, 4) is 0 Å². The number of hydrogen-bond acceptors (Lipinski definition) is 6. The van der Waals surface area contributed by atoms with Gasteiger partial charge in [-0.3, -0.25) is 14.4 Å². The van der Waals surface area contributed by atoms with Crippen LogP contribution in [0, 0.1) is 0 Å². The topological polar surface area (TPSA) is 138 Å². The highest BCUT2D eigenvalue weighted by Gasteiger charge is 2.17. The number of anilines is 1. The molecule has 178 valence electrons. The molecule has 1 heterocycles. The predicted molar refractivity (Wildman–Crippen MR) is 125 cm³/mol. The number of carbonyl (C=O) groups excluding carboxylic acids is 3. The van der Waals surface area contributed by atoms with Gasteiger partial charge < -0.3 is 20.4 Å². The highest BCUT2D eigenvalue weighted by atomic mass is 32.2. The lowest BCUT2D eigenvalue weighted by Crippen LogP contribution is -2.34. The van der Waals surface area contributed by atoms with E-state index >= 15 is 0 Å². The Morgan fingerprint density at radius 1 is 0.794 bits per heavy atom. The lowest BCUT2D eigenvalue weighted by molar-refractivity contribution is 0.0910. The van der Waals surface area contributed by atoms with Crippen molar-refractivity contribution in [1.82, 2.24) is 14.9 Å². The van der Waals surface area contributed by atoms with Crippen molar-refractivity contribution in [2.24, 2.45) is 0 Å². The Hall–Kier alpha value is -3.96. The number of sulfonamides is 1. The molecule has 3 N–H and O–H groups in total. The minimum atomic E-state index is -3.58. The molecule has 3 rings (SSSR count). The van der Waals surface area contributed by atoms with E-state index in [-0.39, 0.29) is 41.1 Å². The summed E-state index contributed by atoms with van der Waals surface area (Å²) in [6.07, 6.45) is 1.40. The molecule has 0 aliphatic carbocycles. The van der Waals surface area contributed by atoms with Gasteiger partial charge in [0.25, 0.3) is 17.7 Å². The standard InChI is InChI=1S/C23H24N4O6S/c1-27(2)34(31,32)19-11-7-17(8-12-19)22(29)26-18-9-5-16(6-10-18)21(28)24-13-14-25-23(30)20-4-3-15-33-20/h3-12,15H,13-14H2,1-2H3,(H,24,28)(H,25,30)(H,26,29). The SMILES string of the molecule is CN(C)S(=O)(=O)c1ccc(C(=O)Nc2ccc(C(=O)NCCNC(=O)c3ccco3)cc2)cc1. The lowest BCUT2D eigenvalue weighted by Gasteiger charge is -2.12. The summed E-state index contributed by atoms with van der Waals surface area (Å²) >= 11 is 0. The Labute approximate surface area is 197 Å². The number of nitrogens with zero attached hydrogens (tertiary/aromatic N) is 1. The van der Waals surface area contributed by atoms with Crippen molar-refractivity contribution in [1.29, 1.82) is 0 Å². The quantitative estimate of drug-likeness (QED) is 0.397. The van der Waals surface area contributed by atoms with E-state index in [9.17, 15) is 22.8 Å². The number of rotatable bonds is 9. The number of benzene rings is 2. The van der Waals surface area contributed by atoms with E-state index < -0.39 is 15.9 Å². The predicted octanol–water partition coefficient (Wildman–Crippen LogP) is 1.94. The molecule has 0 spiro atoms. The molecular weight excluding hydrogens is 460 g/mol. The number of carbonyl (C=O) groups is 3. The van der Waals surface area contributed by atoms with Crippen LogP contribution in [0.2, 0.25) is 0 Å². The van der Waals surface area contributed by atoms with Gasteiger partial charge in [0.2, 0.25) is 10.0 Å². The highest BCUT2D eigenvalue weighted by molar-refractivity contribution is 7.89. The van der Waals surface area contributed by atoms with Crippen LogP contribution in [-0.2, 0) is 10.0 Å². The molecule has 0 atom stereocenters. The van der Waals surface area contributed by atoms with Crippen molar-refractivity contribution >= 4 is 33.4 Å². The fraction of sp³-hybridized carbons (Fsp3) is 0.174. The third-order valence-electron chi connectivity index (χ3n) is 4.74. The summed E-state index contributed by atoms with van der Waals surface area (Å²) in [6, 6.07) is 15.0. The van der Waals surface area contributed by atoms with E-state index in [1.807, 2.05) is 0 Å². The van der Waals surface area contributed by atoms with Gasteiger partial charge in [0.1, 0.15) is 0 Å². The van der Waals surface area contributed by atoms with Crippen LogP contribution >= 0.6 is 0 Å². The molecule has 0 aliphatic heterocycles. The fourth-order valence-corrected chi connectivity index (χ4v) is 3.75. The third-order valence-corrected chi connectivity index (χ3v) is 6.57. The first kappa shape index (κ1) is 24.7. The fourth-order valence-electron chi connectivity index (χ4n) is 2.85. The minimum absolute atomic E-state index is 0.0879. The van der Waals surface area contributed by atoms with Crippen LogP contribution in [0.25, 0.3) is 0 Å². The summed E-state index contributed by atoms with van der Waals surface area (Å²) in [5, 5.41) is 8.01. The number of furan rings is 1. The van der Waals surface area contributed by atoms with Gasteiger partial charge in [-0.1, -0.05) is 0 Å². The molecule has 1 aromatic heterocycles. The summed E-state index contributed by atoms with van der Waals surface area (Å²) in [7, 11) is -0.714. The zero-order chi connectivity index (χ0) is 24.7. The maximum atomic E-state index is 12.5. The van der Waals surface area contributed by atoms with Crippen LogP contribution in [0.3, 0.4) is 0 Å². The van der Waals surface area contributed by atoms with E-state index in [1.165, 1.54) is 44.6 Å². The largest absolute Gasteiger partial charge is 0.459 e. The molecular formula is C23H24N4O6S. The first-order valence-electron chi connectivity index (χ1n) is 10.2. The average molecular weight is 485 g/mol. The van der Waals surface area contributed by atoms with E-state index in [0.29, 0.717) is 11.3 Å². The number of amides is 3. The Morgan fingerprint density at radius 2 is 1.35 bits per heavy atom. The summed E-state index contributed by atoms with van der Waals surface area (Å²) in [5.74, 6) is -0.923. The minimum Gasteiger partial charge on any atom is -0.459 e. The Balaban J connectivity index is 1.49. The molecule has 0 saturated heterocycles. The van der Waals surface area contributed by atoms with Crippen LogP contribution in [0.15, 0.2) is 76.2 Å². The van der Waals surface area contributed by atoms with Crippen molar-refractivity contribution in [3.63, 3.8) is 0 Å². The Morgan fingerprint density at radius 3 is 1.91 bits per heavy atom. The molecule has 0 saturated carbocycles. The molecule has 0 radical (unpaired) electrons. The number of nitrogens with one attached hydrogen (secondary N) is 3. The van der Waals surface area contributed by atoms with Crippen molar-refractivity contribution < 1.29 is 27.2 Å². The zero-order valence-corrected chi connectivity index (χ0v) is 19.4. The zero-order valence-electron chi connectivity index (χ0n) is 18.6. The molecule has 2 aromatic carbocycles. The van der Waals surface area contributed by atoms with Gasteiger partial charge in [-0.2, -0.15) is 0 Å². The molecule has 0 unspecified atom stereocenters. The molecule has 34 heavy (non-hydrogen) atoms. The smallest absolute Gasteiger partial charge is 0.287 e. The lowest BCUT2D eigenvalue weighted by atomic mass is 10.1. The third kappa shape index (κ3) is 6.09. The molecule has 0 fully saturated rings. The second-order valence-corrected chi connectivity index (χ2v) is 9.48. The van der Waals surface area contributed by atoms with Crippen molar-refractivity contribution in [2.75, 3.05) is 32.5 Å². The Bertz CT molecular complexity index is 1250. The first-order valence-corrected chi connectivity index (χ1v) is 11.7. The van der Waals surface area contributed by atoms with E-state index in [1.54, 1.807) is 36.4 Å². The van der Waals surface area contributed by atoms with Gasteiger partial charge in [-0.25, -0.2) is 12.7 Å². The van der Waals surface area contributed by atoms with Crippen molar-refractivity contribution in [2.45, 2.75) is 4.90 Å². The van der Waals surface area contributed by atoms with Gasteiger partial charge in [-0.15, -0.1) is 0 Å². The van der Waals surface area contributed by atoms with E-state index in [2.05, 4.69) is 16.0 Å². The van der Waals surface area contributed by atoms with Gasteiger partial charge in [0, 0.05) is 44.0 Å². The maximum absolute atomic E-state index is 12.5. The summed E-state index contributed by atoms with van der Waals surface area (Å²) < 4.78 is 30.3. The van der Waals surface area contributed by atoms with Gasteiger partial charge >= 0.3 is 0 Å². The second kappa shape index (κ2) is 10.8. The summed E-state index contributed by atoms with van der Waals surface area (Å²) in [4.78, 5) is 36.5. The molecule has 11 heteroatoms. The van der Waals surface area contributed by atoms with Gasteiger partial charge in [-0.05, 0) is 60.7 Å². The molecule has 3 amide bonds. The maximum Gasteiger partial charge on any atom is 0.287 e. The van der Waals surface area contributed by atoms with Crippen LogP contribution < -0.4 is 16.0 Å². The van der Waals surface area contributed by atoms with Gasteiger partial charge in [0.05, 0.1) is 11.2 Å². The summed E-state index contributed by atoms with van der Waals surface area (Å²) in [5.41, 5.74) is 1.14. The second-order valence-electron chi connectivity index (χ2n) is 7.33. The molecule has 0 aliphatic rings. The molecule has 3 aromatic rings. The van der Waals surface area contributed by atoms with Gasteiger partial charge in [0.15, 0.2) is 5.76 Å². The molecule has 0 bridgehead atoms. The summed E-state index contributed by atoms with van der Waals surface area (Å²) in [6.45, 7) is 0.456. The average Bonchev–Trinajstić information content (AvgIpc) is 3.37. The van der Waals surface area contributed by atoms with Crippen LogP contribution in [0.4, 0.5) is 5.69 Å². The Kier molecular flexibility index (Phi) is 7.82. The molecule has 10 nitrogen and oxygen atoms in total. The van der Waals surface area contributed by atoms with E-state index in [4.69, 9.17) is 4.42 Å². The highest BCUT2D eigenvalue weighted by Crippen LogP contribution is 2.16. The number of hydrogen-bond donors (Lipinski definition) is 3. The van der Waals surface area contributed by atoms with Crippen LogP contribution in [-0.4, -0.2) is 57.6 Å². The van der Waals surface area contributed by atoms with E-state index in [0.717, 1.165) is 4.31 Å². The van der Waals surface area contributed by atoms with Crippen LogP contribution in [0.5, 0.6) is 0 Å². The van der Waals surface area contributed by atoms with Crippen LogP contribution in [0.1, 0.15) is 31.3 Å². The normalized spacial score (nSPS) is 11.1. The first-order chi connectivity index (χ1) is 16.2. The van der Waals surface area contributed by atoms with Crippen molar-refractivity contribution in [3.05, 3.63) is 83.8 Å². The monoisotopic (exact) mass is 484 g/mol.